The standard InChI is InChI=1S/C18H26N2O5S/c1-13-5-4-6-14(2)20(13)18(21)12-19(3)26(22,23)15-7-8-16-17(11-15)25-10-9-24-16/h7-8,11,13-14H,4-6,9-10,12H2,1-3H3. The van der Waals surface area contributed by atoms with Crippen LogP contribution in [-0.2, 0) is 14.8 Å². The molecule has 1 aromatic rings. The lowest BCUT2D eigenvalue weighted by Crippen LogP contribution is -2.51. The molecule has 8 heteroatoms. The molecular formula is C18H26N2O5S. The monoisotopic (exact) mass is 382 g/mol. The predicted molar refractivity (Wildman–Crippen MR) is 96.9 cm³/mol. The molecule has 7 nitrogen and oxygen atoms in total. The van der Waals surface area contributed by atoms with Gasteiger partial charge in [0, 0.05) is 25.2 Å². The van der Waals surface area contributed by atoms with Gasteiger partial charge in [0.15, 0.2) is 11.5 Å². The topological polar surface area (TPSA) is 76.2 Å². The number of sulfonamides is 1. The van der Waals surface area contributed by atoms with Crippen molar-refractivity contribution in [3.8, 4) is 11.5 Å². The molecule has 144 valence electrons. The van der Waals surface area contributed by atoms with Crippen molar-refractivity contribution in [3.05, 3.63) is 18.2 Å². The first-order valence-electron chi connectivity index (χ1n) is 8.98. The Morgan fingerprint density at radius 2 is 1.77 bits per heavy atom. The van der Waals surface area contributed by atoms with Crippen molar-refractivity contribution in [2.24, 2.45) is 0 Å². The van der Waals surface area contributed by atoms with E-state index in [1.165, 1.54) is 19.2 Å². The summed E-state index contributed by atoms with van der Waals surface area (Å²) in [6, 6.07) is 4.80. The molecule has 0 bridgehead atoms. The van der Waals surface area contributed by atoms with Crippen LogP contribution in [0.4, 0.5) is 0 Å². The van der Waals surface area contributed by atoms with E-state index >= 15 is 0 Å². The Hall–Kier alpha value is -1.80. The normalized spacial score (nSPS) is 23.2. The fourth-order valence-electron chi connectivity index (χ4n) is 3.63. The van der Waals surface area contributed by atoms with Crippen molar-refractivity contribution in [3.63, 3.8) is 0 Å². The maximum Gasteiger partial charge on any atom is 0.243 e. The van der Waals surface area contributed by atoms with E-state index in [0.717, 1.165) is 23.6 Å². The molecule has 0 aromatic heterocycles. The van der Waals surface area contributed by atoms with E-state index in [2.05, 4.69) is 0 Å². The van der Waals surface area contributed by atoms with E-state index in [9.17, 15) is 13.2 Å². The van der Waals surface area contributed by atoms with Gasteiger partial charge in [0.1, 0.15) is 13.2 Å². The van der Waals surface area contributed by atoms with Crippen LogP contribution in [0.15, 0.2) is 23.1 Å². The molecule has 2 aliphatic rings. The molecular weight excluding hydrogens is 356 g/mol. The smallest absolute Gasteiger partial charge is 0.243 e. The van der Waals surface area contributed by atoms with Crippen molar-refractivity contribution in [2.45, 2.75) is 50.1 Å². The molecule has 1 amide bonds. The van der Waals surface area contributed by atoms with Crippen LogP contribution >= 0.6 is 0 Å². The largest absolute Gasteiger partial charge is 0.486 e. The molecule has 1 saturated heterocycles. The van der Waals surface area contributed by atoms with Crippen LogP contribution in [0.5, 0.6) is 11.5 Å². The first-order valence-corrected chi connectivity index (χ1v) is 10.4. The van der Waals surface area contributed by atoms with Gasteiger partial charge in [-0.15, -0.1) is 0 Å². The second-order valence-corrected chi connectivity index (χ2v) is 9.04. The summed E-state index contributed by atoms with van der Waals surface area (Å²) in [5, 5.41) is 0. The third kappa shape index (κ3) is 3.66. The summed E-state index contributed by atoms with van der Waals surface area (Å²) in [5.41, 5.74) is 0. The first-order chi connectivity index (χ1) is 12.3. The number of hydrogen-bond donors (Lipinski definition) is 0. The van der Waals surface area contributed by atoms with Crippen LogP contribution in [0.1, 0.15) is 33.1 Å². The third-order valence-electron chi connectivity index (χ3n) is 5.06. The number of rotatable bonds is 4. The maximum absolute atomic E-state index is 12.9. The average Bonchev–Trinajstić information content (AvgIpc) is 2.61. The molecule has 0 N–H and O–H groups in total. The highest BCUT2D eigenvalue weighted by Crippen LogP contribution is 2.33. The number of ether oxygens (including phenoxy) is 2. The zero-order valence-corrected chi connectivity index (χ0v) is 16.3. The molecule has 2 aliphatic heterocycles. The number of piperidine rings is 1. The summed E-state index contributed by atoms with van der Waals surface area (Å²) < 4.78 is 37.7. The number of carbonyl (C=O) groups is 1. The highest BCUT2D eigenvalue weighted by atomic mass is 32.2. The summed E-state index contributed by atoms with van der Waals surface area (Å²) in [6.45, 7) is 4.69. The quantitative estimate of drug-likeness (QED) is 0.795. The van der Waals surface area contributed by atoms with Gasteiger partial charge in [-0.2, -0.15) is 4.31 Å². The van der Waals surface area contributed by atoms with E-state index in [1.54, 1.807) is 6.07 Å². The summed E-state index contributed by atoms with van der Waals surface area (Å²) in [6.07, 6.45) is 3.00. The molecule has 26 heavy (non-hydrogen) atoms. The number of likely N-dealkylation sites (tertiary alicyclic amines) is 1. The molecule has 1 fully saturated rings. The van der Waals surface area contributed by atoms with Gasteiger partial charge in [-0.1, -0.05) is 0 Å². The Labute approximate surface area is 154 Å². The van der Waals surface area contributed by atoms with Gasteiger partial charge in [0.25, 0.3) is 0 Å². The van der Waals surface area contributed by atoms with Crippen LogP contribution in [0.25, 0.3) is 0 Å². The highest BCUT2D eigenvalue weighted by Gasteiger charge is 2.32. The van der Waals surface area contributed by atoms with Crippen LogP contribution < -0.4 is 9.47 Å². The molecule has 0 saturated carbocycles. The third-order valence-corrected chi connectivity index (χ3v) is 6.86. The van der Waals surface area contributed by atoms with E-state index in [1.807, 2.05) is 18.7 Å². The summed E-state index contributed by atoms with van der Waals surface area (Å²) >= 11 is 0. The number of amides is 1. The minimum Gasteiger partial charge on any atom is -0.486 e. The molecule has 0 spiro atoms. The van der Waals surface area contributed by atoms with E-state index in [0.29, 0.717) is 24.7 Å². The number of nitrogens with zero attached hydrogens (tertiary/aromatic N) is 2. The summed E-state index contributed by atoms with van der Waals surface area (Å²) in [7, 11) is -2.36. The fraction of sp³-hybridized carbons (Fsp3) is 0.611. The van der Waals surface area contributed by atoms with Gasteiger partial charge >= 0.3 is 0 Å². The summed E-state index contributed by atoms with van der Waals surface area (Å²) in [4.78, 5) is 14.6. The number of likely N-dealkylation sites (N-methyl/N-ethyl adjacent to an activating group) is 1. The SMILES string of the molecule is CC1CCCC(C)N1C(=O)CN(C)S(=O)(=O)c1ccc2c(c1)OCCO2. The Morgan fingerprint density at radius 1 is 1.15 bits per heavy atom. The molecule has 3 rings (SSSR count). The minimum atomic E-state index is -3.79. The van der Waals surface area contributed by atoms with Gasteiger partial charge in [0.2, 0.25) is 15.9 Å². The lowest BCUT2D eigenvalue weighted by Gasteiger charge is -2.39. The van der Waals surface area contributed by atoms with Crippen molar-refractivity contribution in [1.82, 2.24) is 9.21 Å². The van der Waals surface area contributed by atoms with Crippen molar-refractivity contribution >= 4 is 15.9 Å². The molecule has 0 radical (unpaired) electrons. The Bertz CT molecular complexity index is 770. The van der Waals surface area contributed by atoms with Crippen molar-refractivity contribution in [1.29, 1.82) is 0 Å². The van der Waals surface area contributed by atoms with Crippen molar-refractivity contribution in [2.75, 3.05) is 26.8 Å². The van der Waals surface area contributed by atoms with Gasteiger partial charge in [0.05, 0.1) is 11.4 Å². The van der Waals surface area contributed by atoms with Crippen LogP contribution in [0, 0.1) is 0 Å². The molecule has 2 unspecified atom stereocenters. The number of carbonyl (C=O) groups excluding carboxylic acids is 1. The second kappa shape index (κ2) is 7.44. The van der Waals surface area contributed by atoms with E-state index in [4.69, 9.17) is 9.47 Å². The lowest BCUT2D eigenvalue weighted by molar-refractivity contribution is -0.137. The van der Waals surface area contributed by atoms with Crippen LogP contribution in [0.2, 0.25) is 0 Å². The van der Waals surface area contributed by atoms with Gasteiger partial charge in [-0.3, -0.25) is 4.79 Å². The van der Waals surface area contributed by atoms with E-state index < -0.39 is 10.0 Å². The average molecular weight is 382 g/mol. The van der Waals surface area contributed by atoms with Crippen LogP contribution in [-0.4, -0.2) is 62.4 Å². The Morgan fingerprint density at radius 3 is 2.42 bits per heavy atom. The van der Waals surface area contributed by atoms with E-state index in [-0.39, 0.29) is 29.4 Å². The Kier molecular flexibility index (Phi) is 5.43. The van der Waals surface area contributed by atoms with Gasteiger partial charge in [-0.25, -0.2) is 8.42 Å². The van der Waals surface area contributed by atoms with Gasteiger partial charge < -0.3 is 14.4 Å². The van der Waals surface area contributed by atoms with Gasteiger partial charge in [-0.05, 0) is 45.2 Å². The fourth-order valence-corrected chi connectivity index (χ4v) is 4.77. The Balaban J connectivity index is 1.75. The second-order valence-electron chi connectivity index (χ2n) is 7.00. The molecule has 2 heterocycles. The zero-order chi connectivity index (χ0) is 18.9. The zero-order valence-electron chi connectivity index (χ0n) is 15.5. The molecule has 0 aliphatic carbocycles. The lowest BCUT2D eigenvalue weighted by atomic mass is 9.97. The van der Waals surface area contributed by atoms with Crippen molar-refractivity contribution < 1.29 is 22.7 Å². The highest BCUT2D eigenvalue weighted by molar-refractivity contribution is 7.89. The molecule has 1 aromatic carbocycles. The first kappa shape index (κ1) is 19.0. The predicted octanol–water partition coefficient (Wildman–Crippen LogP) is 1.87. The minimum absolute atomic E-state index is 0.0943. The van der Waals surface area contributed by atoms with Crippen LogP contribution in [0.3, 0.4) is 0 Å². The number of hydrogen-bond acceptors (Lipinski definition) is 5. The number of fused-ring (bicyclic) bond motifs is 1. The molecule has 2 atom stereocenters. The maximum atomic E-state index is 12.9. The number of benzene rings is 1. The summed E-state index contributed by atoms with van der Waals surface area (Å²) in [5.74, 6) is 0.786.